The molecule has 0 saturated carbocycles. The van der Waals surface area contributed by atoms with E-state index in [-0.39, 0.29) is 5.91 Å². The van der Waals surface area contributed by atoms with E-state index in [2.05, 4.69) is 30.6 Å². The van der Waals surface area contributed by atoms with E-state index in [1.54, 1.807) is 6.08 Å². The molecule has 0 spiro atoms. The molecule has 0 aliphatic rings. The maximum absolute atomic E-state index is 11.7. The van der Waals surface area contributed by atoms with Crippen molar-refractivity contribution in [3.8, 4) is 0 Å². The maximum atomic E-state index is 11.7. The van der Waals surface area contributed by atoms with Gasteiger partial charge in [0.25, 0.3) is 0 Å². The van der Waals surface area contributed by atoms with Crippen molar-refractivity contribution in [3.63, 3.8) is 0 Å². The van der Waals surface area contributed by atoms with Gasteiger partial charge in [-0.3, -0.25) is 4.79 Å². The Morgan fingerprint density at radius 1 is 1.05 bits per heavy atom. The fourth-order valence-electron chi connectivity index (χ4n) is 1.93. The van der Waals surface area contributed by atoms with Crippen LogP contribution in [0, 0.1) is 0 Å². The lowest BCUT2D eigenvalue weighted by Gasteiger charge is -2.05. The number of allylic oxidation sites excluding steroid dienone is 3. The van der Waals surface area contributed by atoms with Crippen molar-refractivity contribution < 1.29 is 4.79 Å². The van der Waals surface area contributed by atoms with Gasteiger partial charge in [0, 0.05) is 25.7 Å². The summed E-state index contributed by atoms with van der Waals surface area (Å²) in [6.45, 7) is 9.54. The highest BCUT2D eigenvalue weighted by Gasteiger charge is 1.97. The van der Waals surface area contributed by atoms with Crippen molar-refractivity contribution in [3.05, 3.63) is 23.3 Å². The molecule has 0 aromatic carbocycles. The van der Waals surface area contributed by atoms with Gasteiger partial charge in [-0.05, 0) is 53.0 Å². The first-order valence-corrected chi connectivity index (χ1v) is 8.05. The average molecular weight is 295 g/mol. The normalized spacial score (nSPS) is 11.3. The quantitative estimate of drug-likeness (QED) is 0.294. The van der Waals surface area contributed by atoms with Gasteiger partial charge in [0.1, 0.15) is 0 Å². The molecule has 0 aromatic rings. The second kappa shape index (κ2) is 13.8. The molecular weight excluding hydrogens is 262 g/mol. The number of rotatable bonds is 12. The van der Waals surface area contributed by atoms with Crippen molar-refractivity contribution >= 4 is 5.91 Å². The van der Waals surface area contributed by atoms with Crippen LogP contribution in [0.2, 0.25) is 0 Å². The molecule has 4 heteroatoms. The van der Waals surface area contributed by atoms with Crippen molar-refractivity contribution in [2.75, 3.05) is 26.2 Å². The summed E-state index contributed by atoms with van der Waals surface area (Å²) in [7, 11) is 0. The lowest BCUT2D eigenvalue weighted by Crippen LogP contribution is -2.24. The van der Waals surface area contributed by atoms with Crippen LogP contribution in [0.3, 0.4) is 0 Å². The van der Waals surface area contributed by atoms with E-state index >= 15 is 0 Å². The minimum Gasteiger partial charge on any atom is -0.353 e. The van der Waals surface area contributed by atoms with Gasteiger partial charge in [0.2, 0.25) is 5.91 Å². The van der Waals surface area contributed by atoms with Gasteiger partial charge in [0.15, 0.2) is 0 Å². The smallest absolute Gasteiger partial charge is 0.243 e. The molecule has 4 N–H and O–H groups in total. The van der Waals surface area contributed by atoms with Crippen LogP contribution in [-0.2, 0) is 4.79 Å². The summed E-state index contributed by atoms with van der Waals surface area (Å²) < 4.78 is 0. The van der Waals surface area contributed by atoms with Gasteiger partial charge < -0.3 is 16.4 Å². The summed E-state index contributed by atoms with van der Waals surface area (Å²) >= 11 is 0. The molecule has 0 bridgehead atoms. The zero-order valence-electron chi connectivity index (χ0n) is 14.0. The molecule has 0 heterocycles. The van der Waals surface area contributed by atoms with E-state index < -0.39 is 0 Å². The van der Waals surface area contributed by atoms with Gasteiger partial charge >= 0.3 is 0 Å². The van der Waals surface area contributed by atoms with Gasteiger partial charge in [-0.1, -0.05) is 23.6 Å². The summed E-state index contributed by atoms with van der Waals surface area (Å²) in [5.74, 6) is 0.0333. The molecular formula is C17H33N3O. The molecule has 0 radical (unpaired) electrons. The highest BCUT2D eigenvalue weighted by Crippen LogP contribution is 2.06. The monoisotopic (exact) mass is 295 g/mol. The minimum absolute atomic E-state index is 0.0333. The summed E-state index contributed by atoms with van der Waals surface area (Å²) in [5, 5.41) is 6.21. The molecule has 0 unspecified atom stereocenters. The molecule has 4 nitrogen and oxygen atoms in total. The highest BCUT2D eigenvalue weighted by molar-refractivity contribution is 5.88. The van der Waals surface area contributed by atoms with Gasteiger partial charge in [-0.2, -0.15) is 0 Å². The van der Waals surface area contributed by atoms with Crippen LogP contribution in [0.5, 0.6) is 0 Å². The first kappa shape index (κ1) is 19.9. The van der Waals surface area contributed by atoms with Crippen LogP contribution in [0.1, 0.15) is 52.9 Å². The summed E-state index contributed by atoms with van der Waals surface area (Å²) in [4.78, 5) is 11.7. The van der Waals surface area contributed by atoms with E-state index in [0.717, 1.165) is 57.3 Å². The maximum Gasteiger partial charge on any atom is 0.243 e. The van der Waals surface area contributed by atoms with Crippen molar-refractivity contribution in [2.45, 2.75) is 52.9 Å². The number of carbonyl (C=O) groups is 1. The number of hydrogen-bond acceptors (Lipinski definition) is 3. The zero-order valence-corrected chi connectivity index (χ0v) is 14.0. The number of nitrogens with one attached hydrogen (secondary N) is 2. The van der Waals surface area contributed by atoms with Crippen LogP contribution in [0.15, 0.2) is 23.3 Å². The number of carbonyl (C=O) groups excluding carboxylic acids is 1. The Hall–Kier alpha value is -1.13. The summed E-state index contributed by atoms with van der Waals surface area (Å²) in [6, 6.07) is 0. The molecule has 0 fully saturated rings. The Kier molecular flexibility index (Phi) is 13.1. The standard InChI is InChI=1S/C17H33N3O/c1-15(2)8-7-9-16(3)14-17(21)20-12-6-4-5-11-19-13-10-18/h8,14,19H,4-7,9-13,18H2,1-3H3,(H,20,21)/b16-14+. The Balaban J connectivity index is 3.58. The van der Waals surface area contributed by atoms with E-state index in [9.17, 15) is 4.79 Å². The molecule has 21 heavy (non-hydrogen) atoms. The van der Waals surface area contributed by atoms with Crippen molar-refractivity contribution in [2.24, 2.45) is 5.73 Å². The largest absolute Gasteiger partial charge is 0.353 e. The third-order valence-corrected chi connectivity index (χ3v) is 3.12. The Labute approximate surface area is 130 Å². The first-order valence-electron chi connectivity index (χ1n) is 8.05. The van der Waals surface area contributed by atoms with E-state index in [1.807, 2.05) is 6.92 Å². The lowest BCUT2D eigenvalue weighted by atomic mass is 10.1. The lowest BCUT2D eigenvalue weighted by molar-refractivity contribution is -0.116. The Morgan fingerprint density at radius 2 is 1.76 bits per heavy atom. The molecule has 122 valence electrons. The van der Waals surface area contributed by atoms with Gasteiger partial charge in [-0.15, -0.1) is 0 Å². The molecule has 0 saturated heterocycles. The predicted molar refractivity (Wildman–Crippen MR) is 91.2 cm³/mol. The molecule has 0 aliphatic carbocycles. The second-order valence-corrected chi connectivity index (χ2v) is 5.70. The van der Waals surface area contributed by atoms with E-state index in [1.165, 1.54) is 5.57 Å². The molecule has 0 aromatic heterocycles. The third kappa shape index (κ3) is 15.1. The molecule has 0 rings (SSSR count). The summed E-state index contributed by atoms with van der Waals surface area (Å²) in [6.07, 6.45) is 9.17. The Morgan fingerprint density at radius 3 is 2.43 bits per heavy atom. The fraction of sp³-hybridized carbons (Fsp3) is 0.706. The van der Waals surface area contributed by atoms with Crippen LogP contribution < -0.4 is 16.4 Å². The van der Waals surface area contributed by atoms with Crippen LogP contribution in [0.4, 0.5) is 0 Å². The minimum atomic E-state index is 0.0333. The number of hydrogen-bond donors (Lipinski definition) is 3. The Bertz CT molecular complexity index is 331. The highest BCUT2D eigenvalue weighted by atomic mass is 16.1. The van der Waals surface area contributed by atoms with Crippen LogP contribution in [-0.4, -0.2) is 32.1 Å². The van der Waals surface area contributed by atoms with Crippen molar-refractivity contribution in [1.82, 2.24) is 10.6 Å². The average Bonchev–Trinajstić information content (AvgIpc) is 2.41. The van der Waals surface area contributed by atoms with Crippen LogP contribution >= 0.6 is 0 Å². The topological polar surface area (TPSA) is 67.2 Å². The SMILES string of the molecule is CC(C)=CCC/C(C)=C/C(=O)NCCCCCNCCN. The molecule has 0 aliphatic heterocycles. The molecule has 1 amide bonds. The fourth-order valence-corrected chi connectivity index (χ4v) is 1.93. The molecule has 0 atom stereocenters. The number of nitrogens with two attached hydrogens (primary N) is 1. The summed E-state index contributed by atoms with van der Waals surface area (Å²) in [5.41, 5.74) is 7.85. The second-order valence-electron chi connectivity index (χ2n) is 5.70. The number of amides is 1. The van der Waals surface area contributed by atoms with E-state index in [0.29, 0.717) is 6.54 Å². The third-order valence-electron chi connectivity index (χ3n) is 3.12. The first-order chi connectivity index (χ1) is 10.1. The van der Waals surface area contributed by atoms with Gasteiger partial charge in [0.05, 0.1) is 0 Å². The van der Waals surface area contributed by atoms with Crippen molar-refractivity contribution in [1.29, 1.82) is 0 Å². The number of unbranched alkanes of at least 4 members (excludes halogenated alkanes) is 2. The van der Waals surface area contributed by atoms with Crippen LogP contribution in [0.25, 0.3) is 0 Å². The predicted octanol–water partition coefficient (Wildman–Crippen LogP) is 2.51. The van der Waals surface area contributed by atoms with E-state index in [4.69, 9.17) is 5.73 Å². The van der Waals surface area contributed by atoms with Gasteiger partial charge in [-0.25, -0.2) is 0 Å². The zero-order chi connectivity index (χ0) is 15.9.